The summed E-state index contributed by atoms with van der Waals surface area (Å²) in [7, 11) is 0. The Bertz CT molecular complexity index is 1150. The van der Waals surface area contributed by atoms with Gasteiger partial charge in [0.15, 0.2) is 0 Å². The van der Waals surface area contributed by atoms with E-state index in [2.05, 4.69) is 5.32 Å². The van der Waals surface area contributed by atoms with Gasteiger partial charge in [0.2, 0.25) is 5.91 Å². The van der Waals surface area contributed by atoms with E-state index >= 15 is 0 Å². The van der Waals surface area contributed by atoms with Crippen molar-refractivity contribution in [3.8, 4) is 0 Å². The first-order chi connectivity index (χ1) is 15.1. The van der Waals surface area contributed by atoms with Gasteiger partial charge in [0.05, 0.1) is 11.1 Å². The highest BCUT2D eigenvalue weighted by Gasteiger charge is 2.40. The number of nitrogens with one attached hydrogen (secondary N) is 1. The van der Waals surface area contributed by atoms with Gasteiger partial charge in [0, 0.05) is 18.2 Å². The van der Waals surface area contributed by atoms with Crippen molar-refractivity contribution in [1.29, 1.82) is 0 Å². The number of hydrogen-bond donors (Lipinski definition) is 1. The second kappa shape index (κ2) is 7.99. The number of carbonyl (C=O) groups excluding carboxylic acids is 3. The molecule has 0 spiro atoms. The molecule has 1 fully saturated rings. The molecule has 1 saturated carbocycles. The van der Waals surface area contributed by atoms with Crippen LogP contribution >= 0.6 is 0 Å². The maximum absolute atomic E-state index is 13.2. The molecule has 1 aliphatic heterocycles. The second-order valence-electron chi connectivity index (χ2n) is 8.47. The molecule has 0 aromatic heterocycles. The van der Waals surface area contributed by atoms with Gasteiger partial charge in [-0.15, -0.1) is 0 Å². The number of hydrogen-bond acceptors (Lipinski definition) is 3. The molecule has 5 nitrogen and oxygen atoms in total. The number of nitrogens with zero attached hydrogens (tertiary/aromatic N) is 1. The maximum Gasteiger partial charge on any atom is 0.261 e. The molecule has 1 heterocycles. The Hall–Kier alpha value is -3.47. The van der Waals surface area contributed by atoms with E-state index in [9.17, 15) is 14.4 Å². The predicted octanol–water partition coefficient (Wildman–Crippen LogP) is 4.88. The van der Waals surface area contributed by atoms with Gasteiger partial charge in [0.25, 0.3) is 11.8 Å². The van der Waals surface area contributed by atoms with Gasteiger partial charge in [-0.05, 0) is 53.8 Å². The number of rotatable bonds is 4. The first-order valence-corrected chi connectivity index (χ1v) is 10.9. The first kappa shape index (κ1) is 19.5. The lowest BCUT2D eigenvalue weighted by Crippen LogP contribution is -2.41. The molecule has 0 saturated heterocycles. The van der Waals surface area contributed by atoms with Crippen molar-refractivity contribution < 1.29 is 14.4 Å². The minimum Gasteiger partial charge on any atom is -0.326 e. The zero-order chi connectivity index (χ0) is 21.4. The molecule has 2 atom stereocenters. The quantitative estimate of drug-likeness (QED) is 0.621. The summed E-state index contributed by atoms with van der Waals surface area (Å²) in [5, 5.41) is 5.27. The molecule has 2 unspecified atom stereocenters. The van der Waals surface area contributed by atoms with Crippen molar-refractivity contribution >= 4 is 34.2 Å². The van der Waals surface area contributed by atoms with Crippen LogP contribution in [0.4, 0.5) is 5.69 Å². The molecule has 1 aliphatic carbocycles. The van der Waals surface area contributed by atoms with Crippen LogP contribution in [-0.4, -0.2) is 29.2 Å². The van der Waals surface area contributed by atoms with Gasteiger partial charge in [-0.3, -0.25) is 19.3 Å². The Balaban J connectivity index is 1.33. The SMILES string of the molecule is O=C(Nc1ccc2ccccc2c1)C1CCCCC1CN1C(=O)c2ccccc2C1=O. The molecule has 156 valence electrons. The summed E-state index contributed by atoms with van der Waals surface area (Å²) in [5.41, 5.74) is 1.69. The molecule has 2 aliphatic rings. The van der Waals surface area contributed by atoms with E-state index in [1.807, 2.05) is 42.5 Å². The minimum absolute atomic E-state index is 0.0309. The Morgan fingerprint density at radius 1 is 0.839 bits per heavy atom. The normalized spacial score (nSPS) is 20.7. The molecule has 5 rings (SSSR count). The van der Waals surface area contributed by atoms with Crippen molar-refractivity contribution in [2.45, 2.75) is 25.7 Å². The summed E-state index contributed by atoms with van der Waals surface area (Å²) >= 11 is 0. The topological polar surface area (TPSA) is 66.5 Å². The van der Waals surface area contributed by atoms with E-state index in [0.29, 0.717) is 17.7 Å². The van der Waals surface area contributed by atoms with Gasteiger partial charge in [-0.2, -0.15) is 0 Å². The molecule has 31 heavy (non-hydrogen) atoms. The summed E-state index contributed by atoms with van der Waals surface area (Å²) in [4.78, 5) is 40.1. The van der Waals surface area contributed by atoms with Crippen LogP contribution in [-0.2, 0) is 4.79 Å². The largest absolute Gasteiger partial charge is 0.326 e. The second-order valence-corrected chi connectivity index (χ2v) is 8.47. The average molecular weight is 412 g/mol. The molecule has 5 heteroatoms. The van der Waals surface area contributed by atoms with Crippen molar-refractivity contribution in [2.75, 3.05) is 11.9 Å². The van der Waals surface area contributed by atoms with Crippen LogP contribution in [0.1, 0.15) is 46.4 Å². The average Bonchev–Trinajstić information content (AvgIpc) is 3.04. The van der Waals surface area contributed by atoms with E-state index in [0.717, 1.165) is 42.1 Å². The van der Waals surface area contributed by atoms with Gasteiger partial charge in [0.1, 0.15) is 0 Å². The van der Waals surface area contributed by atoms with E-state index < -0.39 is 0 Å². The smallest absolute Gasteiger partial charge is 0.261 e. The highest BCUT2D eigenvalue weighted by molar-refractivity contribution is 6.21. The standard InChI is InChI=1S/C26H24N2O3/c29-24(27-20-14-13-17-7-1-2-8-18(17)15-20)21-10-4-3-9-19(21)16-28-25(30)22-11-5-6-12-23(22)26(28)31/h1-2,5-8,11-15,19,21H,3-4,9-10,16H2,(H,27,29). The molecule has 3 aromatic carbocycles. The van der Waals surface area contributed by atoms with Crippen LogP contribution in [0.15, 0.2) is 66.7 Å². The van der Waals surface area contributed by atoms with Crippen molar-refractivity contribution in [2.24, 2.45) is 11.8 Å². The third-order valence-electron chi connectivity index (χ3n) is 6.56. The Kier molecular flexibility index (Phi) is 5.02. The summed E-state index contributed by atoms with van der Waals surface area (Å²) in [6.07, 6.45) is 3.60. The minimum atomic E-state index is -0.250. The molecule has 0 bridgehead atoms. The van der Waals surface area contributed by atoms with Gasteiger partial charge in [-0.1, -0.05) is 55.3 Å². The summed E-state index contributed by atoms with van der Waals surface area (Å²) in [6.45, 7) is 0.294. The van der Waals surface area contributed by atoms with E-state index in [1.165, 1.54) is 4.90 Å². The van der Waals surface area contributed by atoms with Crippen LogP contribution in [0.2, 0.25) is 0 Å². The number of carbonyl (C=O) groups is 3. The van der Waals surface area contributed by atoms with Crippen LogP contribution in [0.5, 0.6) is 0 Å². The number of benzene rings is 3. The third kappa shape index (κ3) is 3.61. The third-order valence-corrected chi connectivity index (χ3v) is 6.56. The maximum atomic E-state index is 13.2. The van der Waals surface area contributed by atoms with Crippen LogP contribution in [0, 0.1) is 11.8 Å². The molecule has 0 radical (unpaired) electrons. The Morgan fingerprint density at radius 3 is 2.23 bits per heavy atom. The number of fused-ring (bicyclic) bond motifs is 2. The van der Waals surface area contributed by atoms with Gasteiger partial charge < -0.3 is 5.32 Å². The molecular weight excluding hydrogens is 388 g/mol. The van der Waals surface area contributed by atoms with Crippen LogP contribution in [0.25, 0.3) is 10.8 Å². The lowest BCUT2D eigenvalue weighted by Gasteiger charge is -2.32. The number of anilines is 1. The molecule has 3 amide bonds. The van der Waals surface area contributed by atoms with Crippen molar-refractivity contribution in [3.05, 3.63) is 77.9 Å². The number of imide groups is 1. The van der Waals surface area contributed by atoms with Crippen molar-refractivity contribution in [3.63, 3.8) is 0 Å². The fourth-order valence-electron chi connectivity index (χ4n) is 4.91. The van der Waals surface area contributed by atoms with Gasteiger partial charge in [-0.25, -0.2) is 0 Å². The van der Waals surface area contributed by atoms with E-state index in [4.69, 9.17) is 0 Å². The monoisotopic (exact) mass is 412 g/mol. The van der Waals surface area contributed by atoms with Gasteiger partial charge >= 0.3 is 0 Å². The lowest BCUT2D eigenvalue weighted by atomic mass is 9.78. The molecule has 3 aromatic rings. The summed E-state index contributed by atoms with van der Waals surface area (Å²) < 4.78 is 0. The van der Waals surface area contributed by atoms with Crippen molar-refractivity contribution in [1.82, 2.24) is 4.90 Å². The molecule has 1 N–H and O–H groups in total. The highest BCUT2D eigenvalue weighted by Crippen LogP contribution is 2.34. The predicted molar refractivity (Wildman–Crippen MR) is 120 cm³/mol. The Labute approximate surface area is 181 Å². The van der Waals surface area contributed by atoms with E-state index in [-0.39, 0.29) is 29.6 Å². The fraction of sp³-hybridized carbons (Fsp3) is 0.269. The lowest BCUT2D eigenvalue weighted by molar-refractivity contribution is -0.122. The Morgan fingerprint density at radius 2 is 1.48 bits per heavy atom. The zero-order valence-electron chi connectivity index (χ0n) is 17.2. The zero-order valence-corrected chi connectivity index (χ0v) is 17.2. The highest BCUT2D eigenvalue weighted by atomic mass is 16.2. The number of amides is 3. The summed E-state index contributed by atoms with van der Waals surface area (Å²) in [5.74, 6) is -0.780. The fourth-order valence-corrected chi connectivity index (χ4v) is 4.91. The first-order valence-electron chi connectivity index (χ1n) is 10.9. The van der Waals surface area contributed by atoms with E-state index in [1.54, 1.807) is 24.3 Å². The molecular formula is C26H24N2O3. The van der Waals surface area contributed by atoms with Crippen LogP contribution < -0.4 is 5.32 Å². The summed E-state index contributed by atoms with van der Waals surface area (Å²) in [6, 6.07) is 20.9. The van der Waals surface area contributed by atoms with Crippen LogP contribution in [0.3, 0.4) is 0 Å².